The fourth-order valence-corrected chi connectivity index (χ4v) is 6.55. The first kappa shape index (κ1) is 37.5. The van der Waals surface area contributed by atoms with Crippen molar-refractivity contribution >= 4 is 73.5 Å². The quantitative estimate of drug-likeness (QED) is 0.00697. The molecule has 262 valence electrons. The number of phenols is 1. The van der Waals surface area contributed by atoms with Crippen molar-refractivity contribution in [1.82, 2.24) is 0 Å². The Morgan fingerprint density at radius 1 is 0.922 bits per heavy atom. The third-order valence-corrected chi connectivity index (χ3v) is 9.19. The van der Waals surface area contributed by atoms with Crippen LogP contribution in [0.4, 0.5) is 0 Å². The van der Waals surface area contributed by atoms with E-state index in [9.17, 15) is 29.3 Å². The van der Waals surface area contributed by atoms with Crippen LogP contribution in [0, 0.1) is 13.8 Å². The number of hydrogen-bond donors (Lipinski definition) is 4. The highest BCUT2D eigenvalue weighted by Gasteiger charge is 2.29. The zero-order chi connectivity index (χ0) is 36.7. The summed E-state index contributed by atoms with van der Waals surface area (Å²) in [5, 5.41) is 32.4. The predicted octanol–water partition coefficient (Wildman–Crippen LogP) is 7.09. The maximum Gasteiger partial charge on any atom is 0.511 e. The molecule has 5 aromatic rings. The summed E-state index contributed by atoms with van der Waals surface area (Å²) in [6.07, 6.45) is 2.76. The number of carbonyl (C=O) groups is 2. The van der Waals surface area contributed by atoms with E-state index in [1.165, 1.54) is 30.3 Å². The van der Waals surface area contributed by atoms with E-state index in [2.05, 4.69) is 13.8 Å². The fourth-order valence-electron chi connectivity index (χ4n) is 5.67. The molecule has 0 saturated heterocycles. The highest BCUT2D eigenvalue weighted by Crippen LogP contribution is 2.47. The Hall–Kier alpha value is -4.73. The number of carbonyl (C=O) groups excluding carboxylic acids is 1. The van der Waals surface area contributed by atoms with Gasteiger partial charge in [0, 0.05) is 41.9 Å². The number of aromatic nitrogens is 1. The Balaban J connectivity index is 1.70. The Kier molecular flexibility index (Phi) is 12.2. The zero-order valence-electron chi connectivity index (χ0n) is 27.3. The SMILES string of the molecule is [B]OP(=O)(O)OC(=Cc1ccc(O)cc1)c1ccc2c(C(=O)Oc3c(C)cc(C(=O)O)cc3C)c3ccccc3[n+](CCCCSOOO)c2c1. The minimum Gasteiger partial charge on any atom is -0.508 e. The van der Waals surface area contributed by atoms with Gasteiger partial charge in [0.1, 0.15) is 23.8 Å². The van der Waals surface area contributed by atoms with Crippen molar-refractivity contribution in [2.75, 3.05) is 5.75 Å². The zero-order valence-corrected chi connectivity index (χ0v) is 29.1. The summed E-state index contributed by atoms with van der Waals surface area (Å²) >= 11 is 0.936. The first-order valence-electron chi connectivity index (χ1n) is 15.4. The summed E-state index contributed by atoms with van der Waals surface area (Å²) in [5.74, 6) is -1.13. The van der Waals surface area contributed by atoms with Crippen LogP contribution >= 0.6 is 19.9 Å². The lowest BCUT2D eigenvalue weighted by Gasteiger charge is -2.17. The van der Waals surface area contributed by atoms with Gasteiger partial charge in [0.15, 0.2) is 0 Å². The lowest BCUT2D eigenvalue weighted by atomic mass is 9.99. The largest absolute Gasteiger partial charge is 0.511 e. The van der Waals surface area contributed by atoms with Crippen LogP contribution in [-0.4, -0.2) is 46.1 Å². The minimum absolute atomic E-state index is 0.0165. The normalized spacial score (nSPS) is 12.9. The standard InChI is InChI=1S/C35H31BNO12PS/c1-21-17-25(34(39)40)18-22(2)33(21)45-35(41)32-27-7-3-4-8-29(27)37(15-5-6-16-51-49-48-42)30-20-24(11-14-28(30)32)31(46-50(43,44)47-36)19-23-9-12-26(38)13-10-23/h3-4,7-14,17-20H,5-6,15-16H2,1-2H3,(H3,39,40,42,43,44)/p+1. The molecule has 0 amide bonds. The van der Waals surface area contributed by atoms with Crippen LogP contribution in [0.25, 0.3) is 33.6 Å². The van der Waals surface area contributed by atoms with E-state index in [-0.39, 0.29) is 28.4 Å². The molecule has 1 aromatic heterocycles. The number of fused-ring (bicyclic) bond motifs is 2. The number of pyridine rings is 1. The van der Waals surface area contributed by atoms with E-state index in [4.69, 9.17) is 22.6 Å². The number of benzene rings is 4. The molecule has 51 heavy (non-hydrogen) atoms. The number of ether oxygens (including phenoxy) is 1. The average Bonchev–Trinajstić information content (AvgIpc) is 3.11. The van der Waals surface area contributed by atoms with E-state index in [0.29, 0.717) is 69.2 Å². The molecule has 5 rings (SSSR count). The number of unbranched alkanes of at least 4 members (excludes halogenated alkanes) is 1. The van der Waals surface area contributed by atoms with E-state index >= 15 is 0 Å². The number of phosphoric ester groups is 1. The van der Waals surface area contributed by atoms with Crippen LogP contribution in [-0.2, 0) is 29.4 Å². The Morgan fingerprint density at radius 3 is 2.27 bits per heavy atom. The average molecular weight is 732 g/mol. The Labute approximate surface area is 297 Å². The number of esters is 1. The second kappa shape index (κ2) is 16.5. The molecule has 0 bridgehead atoms. The molecule has 1 unspecified atom stereocenters. The first-order chi connectivity index (χ1) is 24.4. The molecule has 0 aliphatic rings. The van der Waals surface area contributed by atoms with Gasteiger partial charge in [-0.05, 0) is 79.4 Å². The molecule has 0 aliphatic heterocycles. The fraction of sp³-hybridized carbons (Fsp3) is 0.171. The van der Waals surface area contributed by atoms with Crippen LogP contribution < -0.4 is 9.30 Å². The topological polar surface area (TPSA) is 182 Å². The lowest BCUT2D eigenvalue weighted by molar-refractivity contribution is -0.645. The molecule has 4 aromatic carbocycles. The number of aromatic carboxylic acids is 1. The van der Waals surface area contributed by atoms with E-state index in [0.717, 1.165) is 12.0 Å². The van der Waals surface area contributed by atoms with Gasteiger partial charge in [0.05, 0.1) is 21.9 Å². The summed E-state index contributed by atoms with van der Waals surface area (Å²) in [6, 6.07) is 21.1. The molecule has 13 nitrogen and oxygen atoms in total. The van der Waals surface area contributed by atoms with E-state index in [1.807, 2.05) is 16.7 Å². The first-order valence-corrected chi connectivity index (χ1v) is 17.8. The molecular formula is C35H32BNO12PS+. The van der Waals surface area contributed by atoms with Gasteiger partial charge in [-0.25, -0.2) is 19.4 Å². The Morgan fingerprint density at radius 2 is 1.61 bits per heavy atom. The highest BCUT2D eigenvalue weighted by atomic mass is 32.2. The van der Waals surface area contributed by atoms with Crippen LogP contribution in [0.2, 0.25) is 0 Å². The van der Waals surface area contributed by atoms with Crippen molar-refractivity contribution in [3.63, 3.8) is 0 Å². The van der Waals surface area contributed by atoms with Gasteiger partial charge >= 0.3 is 27.8 Å². The van der Waals surface area contributed by atoms with Gasteiger partial charge in [0.25, 0.3) is 0 Å². The van der Waals surface area contributed by atoms with Crippen molar-refractivity contribution in [3.05, 3.63) is 112 Å². The Bertz CT molecular complexity index is 2150. The molecule has 0 saturated carbocycles. The number of phenolic OH excluding ortho intramolecular Hbond substituents is 1. The molecule has 2 radical (unpaired) electrons. The van der Waals surface area contributed by atoms with Crippen LogP contribution in [0.3, 0.4) is 0 Å². The van der Waals surface area contributed by atoms with Gasteiger partial charge in [-0.15, -0.1) is 4.33 Å². The summed E-state index contributed by atoms with van der Waals surface area (Å²) in [6.45, 7) is 3.77. The number of carboxylic acid groups (broad SMARTS) is 1. The number of carboxylic acids is 1. The van der Waals surface area contributed by atoms with Gasteiger partial charge in [-0.1, -0.05) is 35.4 Å². The van der Waals surface area contributed by atoms with Gasteiger partial charge in [0.2, 0.25) is 11.0 Å². The number of para-hydroxylation sites is 1. The van der Waals surface area contributed by atoms with E-state index < -0.39 is 19.8 Å². The molecule has 1 heterocycles. The molecule has 16 heteroatoms. The summed E-state index contributed by atoms with van der Waals surface area (Å²) in [5.41, 5.74) is 3.28. The number of nitrogens with zero attached hydrogens (tertiary/aromatic N) is 1. The molecular weight excluding hydrogens is 700 g/mol. The maximum absolute atomic E-state index is 14.2. The third kappa shape index (κ3) is 8.96. The number of rotatable bonds is 15. The minimum atomic E-state index is -4.77. The van der Waals surface area contributed by atoms with Crippen LogP contribution in [0.15, 0.2) is 78.9 Å². The number of phosphoric acid groups is 1. The lowest BCUT2D eigenvalue weighted by Crippen LogP contribution is -2.37. The highest BCUT2D eigenvalue weighted by molar-refractivity contribution is 7.94. The predicted molar refractivity (Wildman–Crippen MR) is 190 cm³/mol. The molecule has 0 spiro atoms. The molecule has 4 N–H and O–H groups in total. The van der Waals surface area contributed by atoms with Crippen molar-refractivity contribution in [3.8, 4) is 11.5 Å². The monoisotopic (exact) mass is 732 g/mol. The maximum atomic E-state index is 14.2. The van der Waals surface area contributed by atoms with Crippen molar-refractivity contribution in [2.45, 2.75) is 33.2 Å². The van der Waals surface area contributed by atoms with Crippen LogP contribution in [0.5, 0.6) is 11.5 Å². The molecule has 1 atom stereocenters. The van der Waals surface area contributed by atoms with Crippen molar-refractivity contribution in [1.29, 1.82) is 0 Å². The number of hydrogen-bond acceptors (Lipinski definition) is 11. The second-order valence-electron chi connectivity index (χ2n) is 11.3. The summed E-state index contributed by atoms with van der Waals surface area (Å²) in [7, 11) is 0.299. The van der Waals surface area contributed by atoms with Crippen molar-refractivity contribution < 1.29 is 62.2 Å². The van der Waals surface area contributed by atoms with E-state index in [1.54, 1.807) is 56.3 Å². The van der Waals surface area contributed by atoms with Gasteiger partial charge in [-0.3, -0.25) is 4.89 Å². The van der Waals surface area contributed by atoms with Gasteiger partial charge in [-0.2, -0.15) is 4.57 Å². The second-order valence-corrected chi connectivity index (χ2v) is 13.5. The summed E-state index contributed by atoms with van der Waals surface area (Å²) in [4.78, 5) is 36.0. The van der Waals surface area contributed by atoms with Gasteiger partial charge < -0.3 is 23.9 Å². The molecule has 0 fully saturated rings. The summed E-state index contributed by atoms with van der Waals surface area (Å²) < 4.78 is 34.7. The smallest absolute Gasteiger partial charge is 0.508 e. The number of aromatic hydroxyl groups is 1. The van der Waals surface area contributed by atoms with Crippen LogP contribution in [0.1, 0.15) is 55.8 Å². The molecule has 0 aliphatic carbocycles. The number of aryl methyl sites for hydroxylation is 3. The van der Waals surface area contributed by atoms with Crippen molar-refractivity contribution in [2.24, 2.45) is 0 Å². The third-order valence-electron chi connectivity index (χ3n) is 7.89.